The molecule has 2 rings (SSSR count). The van der Waals surface area contributed by atoms with E-state index in [9.17, 15) is 0 Å². The molecule has 1 fully saturated rings. The molecule has 1 nitrogen and oxygen atoms in total. The summed E-state index contributed by atoms with van der Waals surface area (Å²) in [5.41, 5.74) is 1.40. The van der Waals surface area contributed by atoms with E-state index in [1.165, 1.54) is 31.2 Å². The Morgan fingerprint density at radius 2 is 1.84 bits per heavy atom. The third-order valence-electron chi connectivity index (χ3n) is 3.90. The molecule has 0 spiro atoms. The normalized spacial score (nSPS) is 17.0. The second-order valence-electron chi connectivity index (χ2n) is 5.16. The van der Waals surface area contributed by atoms with Gasteiger partial charge in [0.1, 0.15) is 4.60 Å². The van der Waals surface area contributed by atoms with E-state index < -0.39 is 0 Å². The molecule has 1 saturated carbocycles. The van der Waals surface area contributed by atoms with Crippen molar-refractivity contribution < 1.29 is 0 Å². The Labute approximate surface area is 132 Å². The first-order valence-corrected chi connectivity index (χ1v) is 8.40. The Kier molecular flexibility index (Phi) is 5.83. The van der Waals surface area contributed by atoms with E-state index in [0.29, 0.717) is 5.92 Å². The van der Waals surface area contributed by atoms with Crippen molar-refractivity contribution in [2.45, 2.75) is 38.5 Å². The van der Waals surface area contributed by atoms with Crippen LogP contribution in [0.3, 0.4) is 0 Å². The largest absolute Gasteiger partial charge is 0.248 e. The van der Waals surface area contributed by atoms with Gasteiger partial charge in [-0.1, -0.05) is 38.0 Å². The minimum Gasteiger partial charge on any atom is -0.248 e. The van der Waals surface area contributed by atoms with Crippen LogP contribution in [0.1, 0.15) is 44.1 Å². The molecule has 0 aliphatic heterocycles. The van der Waals surface area contributed by atoms with Crippen LogP contribution in [0.5, 0.6) is 0 Å². The molecule has 1 aromatic heterocycles. The maximum Gasteiger partial charge on any atom is 0.106 e. The lowest BCUT2D eigenvalue weighted by molar-refractivity contribution is 0.461. The smallest absolute Gasteiger partial charge is 0.106 e. The van der Waals surface area contributed by atoms with Gasteiger partial charge in [-0.2, -0.15) is 0 Å². The maximum atomic E-state index is 4.27. The zero-order chi connectivity index (χ0) is 13.7. The van der Waals surface area contributed by atoms with Crippen LogP contribution >= 0.6 is 31.9 Å². The van der Waals surface area contributed by atoms with E-state index in [1.807, 2.05) is 12.3 Å². The van der Waals surface area contributed by atoms with E-state index in [-0.39, 0.29) is 0 Å². The summed E-state index contributed by atoms with van der Waals surface area (Å²) < 4.78 is 1.83. The highest BCUT2D eigenvalue weighted by Gasteiger charge is 2.22. The monoisotopic (exact) mass is 383 g/mol. The van der Waals surface area contributed by atoms with Gasteiger partial charge in [0, 0.05) is 10.7 Å². The molecule has 1 unspecified atom stereocenters. The predicted octanol–water partition coefficient (Wildman–Crippen LogP) is 6.02. The summed E-state index contributed by atoms with van der Waals surface area (Å²) in [6.45, 7) is 2.35. The summed E-state index contributed by atoms with van der Waals surface area (Å²) in [6, 6.07) is 10.6. The van der Waals surface area contributed by atoms with Crippen LogP contribution in [-0.4, -0.2) is 4.98 Å². The van der Waals surface area contributed by atoms with Gasteiger partial charge in [0.05, 0.1) is 0 Å². The van der Waals surface area contributed by atoms with E-state index in [2.05, 4.69) is 68.0 Å². The van der Waals surface area contributed by atoms with Gasteiger partial charge in [-0.25, -0.2) is 4.98 Å². The van der Waals surface area contributed by atoms with Gasteiger partial charge in [-0.05, 0) is 74.2 Å². The zero-order valence-corrected chi connectivity index (χ0v) is 14.3. The average Bonchev–Trinajstić information content (AvgIpc) is 2.93. The first kappa shape index (κ1) is 15.0. The fourth-order valence-electron chi connectivity index (χ4n) is 2.71. The summed E-state index contributed by atoms with van der Waals surface area (Å²) in [7, 11) is 0. The number of hydrogen-bond donors (Lipinski definition) is 0. The van der Waals surface area contributed by atoms with Crippen LogP contribution in [0.2, 0.25) is 0 Å². The van der Waals surface area contributed by atoms with Gasteiger partial charge in [0.2, 0.25) is 0 Å². The molecule has 0 N–H and O–H groups in total. The molecular formula is C16H19Br2N. The van der Waals surface area contributed by atoms with Gasteiger partial charge in [0.15, 0.2) is 0 Å². The lowest BCUT2D eigenvalue weighted by atomic mass is 9.87. The molecule has 0 amide bonds. The first-order valence-electron chi connectivity index (χ1n) is 6.82. The third kappa shape index (κ3) is 4.57. The molecule has 1 aromatic rings. The Morgan fingerprint density at radius 3 is 2.58 bits per heavy atom. The topological polar surface area (TPSA) is 12.9 Å². The van der Waals surface area contributed by atoms with Gasteiger partial charge >= 0.3 is 0 Å². The second-order valence-corrected chi connectivity index (χ2v) is 6.89. The average molecular weight is 385 g/mol. The number of nitrogens with zero attached hydrogens (tertiary/aromatic N) is 1. The highest BCUT2D eigenvalue weighted by Crippen LogP contribution is 2.36. The first-order chi connectivity index (χ1) is 9.16. The summed E-state index contributed by atoms with van der Waals surface area (Å²) in [6.07, 6.45) is 7.35. The lowest BCUT2D eigenvalue weighted by Crippen LogP contribution is -2.04. The Morgan fingerprint density at radius 1 is 1.11 bits per heavy atom. The fraction of sp³-hybridized carbons (Fsp3) is 0.438. The summed E-state index contributed by atoms with van der Waals surface area (Å²) in [4.78, 5) is 4.27. The van der Waals surface area contributed by atoms with Crippen molar-refractivity contribution in [2.75, 3.05) is 0 Å². The van der Waals surface area contributed by atoms with Crippen LogP contribution in [0.15, 0.2) is 45.6 Å². The van der Waals surface area contributed by atoms with Crippen molar-refractivity contribution in [1.29, 1.82) is 0 Å². The number of halogens is 2. The van der Waals surface area contributed by atoms with Crippen molar-refractivity contribution in [3.8, 4) is 0 Å². The summed E-state index contributed by atoms with van der Waals surface area (Å²) in [5.74, 6) is 1.46. The summed E-state index contributed by atoms with van der Waals surface area (Å²) >= 11 is 6.94. The van der Waals surface area contributed by atoms with Crippen LogP contribution < -0.4 is 0 Å². The van der Waals surface area contributed by atoms with E-state index in [0.717, 1.165) is 15.0 Å². The molecular weight excluding hydrogens is 366 g/mol. The van der Waals surface area contributed by atoms with Crippen molar-refractivity contribution in [3.63, 3.8) is 0 Å². The van der Waals surface area contributed by atoms with Gasteiger partial charge in [0.25, 0.3) is 0 Å². The van der Waals surface area contributed by atoms with E-state index in [4.69, 9.17) is 0 Å². The lowest BCUT2D eigenvalue weighted by Gasteiger charge is -2.18. The molecule has 0 saturated heterocycles. The standard InChI is InChI=1S/C16H19Br2N/c1-12(13-5-2-3-6-13)14-7-4-8-16(18)19-11-15(17)10-9-14/h4,7-13H,2-3,5-6H2,1H3. The van der Waals surface area contributed by atoms with Crippen molar-refractivity contribution in [1.82, 2.24) is 4.98 Å². The minimum absolute atomic E-state index is 0.624. The molecule has 1 atom stereocenters. The molecule has 19 heavy (non-hydrogen) atoms. The number of aromatic nitrogens is 1. The summed E-state index contributed by atoms with van der Waals surface area (Å²) in [5, 5.41) is 0. The van der Waals surface area contributed by atoms with Crippen molar-refractivity contribution >= 4 is 31.9 Å². The second kappa shape index (κ2) is 7.39. The van der Waals surface area contributed by atoms with Gasteiger partial charge < -0.3 is 0 Å². The van der Waals surface area contributed by atoms with Crippen molar-refractivity contribution in [3.05, 3.63) is 51.2 Å². The van der Waals surface area contributed by atoms with Crippen LogP contribution in [0.4, 0.5) is 0 Å². The molecule has 3 heteroatoms. The van der Waals surface area contributed by atoms with Crippen LogP contribution in [0, 0.1) is 5.92 Å². The van der Waals surface area contributed by atoms with Crippen molar-refractivity contribution in [2.24, 2.45) is 5.92 Å². The minimum atomic E-state index is 0.624. The third-order valence-corrected chi connectivity index (χ3v) is 4.84. The molecule has 0 radical (unpaired) electrons. The molecule has 0 aromatic carbocycles. The van der Waals surface area contributed by atoms with E-state index >= 15 is 0 Å². The van der Waals surface area contributed by atoms with Gasteiger partial charge in [-0.3, -0.25) is 0 Å². The van der Waals surface area contributed by atoms with Crippen LogP contribution in [0.25, 0.3) is 0 Å². The van der Waals surface area contributed by atoms with E-state index in [1.54, 1.807) is 0 Å². The molecule has 0 bridgehead atoms. The Balaban J connectivity index is 2.35. The molecule has 1 aliphatic rings. The Bertz CT molecular complexity index is 480. The molecule has 1 aliphatic carbocycles. The highest BCUT2D eigenvalue weighted by atomic mass is 79.9. The number of rotatable bonds is 2. The quantitative estimate of drug-likeness (QED) is 0.606. The Hall–Kier alpha value is -0.410. The molecule has 102 valence electrons. The van der Waals surface area contributed by atoms with Crippen LogP contribution in [-0.2, 0) is 0 Å². The SMILES string of the molecule is CC(c1cccc(Br)ncc(Br)cc1)C1CCCC1. The maximum absolute atomic E-state index is 4.27. The predicted molar refractivity (Wildman–Crippen MR) is 87.6 cm³/mol. The zero-order valence-electron chi connectivity index (χ0n) is 11.2. The molecule has 1 heterocycles. The number of hydrogen-bond acceptors (Lipinski definition) is 1. The highest BCUT2D eigenvalue weighted by molar-refractivity contribution is 9.10. The fourth-order valence-corrected chi connectivity index (χ4v) is 3.20. The van der Waals surface area contributed by atoms with Gasteiger partial charge in [-0.15, -0.1) is 0 Å².